The first kappa shape index (κ1) is 16.1. The van der Waals surface area contributed by atoms with Crippen LogP contribution in [-0.2, 0) is 4.74 Å². The topological polar surface area (TPSA) is 75.6 Å². The van der Waals surface area contributed by atoms with Crippen molar-refractivity contribution in [3.05, 3.63) is 57.6 Å². The Morgan fingerprint density at radius 1 is 1.14 bits per heavy atom. The molecule has 2 aromatic rings. The van der Waals surface area contributed by atoms with E-state index >= 15 is 0 Å². The van der Waals surface area contributed by atoms with Gasteiger partial charge in [0, 0.05) is 5.02 Å². The summed E-state index contributed by atoms with van der Waals surface area (Å²) >= 11 is 11.8. The third-order valence-electron chi connectivity index (χ3n) is 2.84. The fraction of sp³-hybridized carbons (Fsp3) is 0.0667. The Morgan fingerprint density at radius 3 is 2.50 bits per heavy atom. The van der Waals surface area contributed by atoms with E-state index in [-0.39, 0.29) is 21.9 Å². The second-order valence-electron chi connectivity index (χ2n) is 4.30. The van der Waals surface area contributed by atoms with Gasteiger partial charge < -0.3 is 15.2 Å². The molecule has 0 fully saturated rings. The van der Waals surface area contributed by atoms with E-state index in [1.165, 1.54) is 43.5 Å². The van der Waals surface area contributed by atoms with E-state index in [0.717, 1.165) is 0 Å². The average Bonchev–Trinajstić information content (AvgIpc) is 2.50. The fourth-order valence-corrected chi connectivity index (χ4v) is 2.14. The van der Waals surface area contributed by atoms with Crippen LogP contribution in [0.4, 0.5) is 5.69 Å². The largest absolute Gasteiger partial charge is 0.507 e. The molecule has 0 atom stereocenters. The standard InChI is InChI=1S/C15H11Cl2NO4/c1-22-15(21)8-2-4-12(11(17)6-8)18-14(20)10-7-9(16)3-5-13(10)19/h2-7,19H,1H3,(H,18,20). The number of hydrogen-bond acceptors (Lipinski definition) is 4. The van der Waals surface area contributed by atoms with Crippen LogP contribution in [0.25, 0.3) is 0 Å². The molecule has 0 aliphatic heterocycles. The molecule has 0 saturated carbocycles. The Bertz CT molecular complexity index is 746. The van der Waals surface area contributed by atoms with Crippen molar-refractivity contribution in [2.24, 2.45) is 0 Å². The van der Waals surface area contributed by atoms with Crippen LogP contribution < -0.4 is 5.32 Å². The van der Waals surface area contributed by atoms with Crippen LogP contribution in [0.1, 0.15) is 20.7 Å². The first-order chi connectivity index (χ1) is 10.4. The number of phenolic OH excluding ortho intramolecular Hbond substituents is 1. The van der Waals surface area contributed by atoms with E-state index in [1.54, 1.807) is 0 Å². The lowest BCUT2D eigenvalue weighted by atomic mass is 10.1. The van der Waals surface area contributed by atoms with Gasteiger partial charge in [-0.2, -0.15) is 0 Å². The maximum Gasteiger partial charge on any atom is 0.337 e. The number of benzene rings is 2. The summed E-state index contributed by atoms with van der Waals surface area (Å²) in [5.41, 5.74) is 0.565. The molecule has 0 spiro atoms. The van der Waals surface area contributed by atoms with Crippen molar-refractivity contribution >= 4 is 40.8 Å². The number of hydrogen-bond donors (Lipinski definition) is 2. The molecule has 2 aromatic carbocycles. The number of esters is 1. The van der Waals surface area contributed by atoms with E-state index in [4.69, 9.17) is 23.2 Å². The molecule has 1 amide bonds. The van der Waals surface area contributed by atoms with Gasteiger partial charge in [0.1, 0.15) is 5.75 Å². The van der Waals surface area contributed by atoms with Crippen LogP contribution in [0.5, 0.6) is 5.75 Å². The molecule has 0 unspecified atom stereocenters. The predicted octanol–water partition coefficient (Wildman–Crippen LogP) is 3.74. The van der Waals surface area contributed by atoms with Gasteiger partial charge in [-0.1, -0.05) is 23.2 Å². The zero-order valence-corrected chi connectivity index (χ0v) is 12.9. The summed E-state index contributed by atoms with van der Waals surface area (Å²) in [6, 6.07) is 8.42. The molecule has 0 heterocycles. The minimum absolute atomic E-state index is 0.0145. The Balaban J connectivity index is 2.25. The molecule has 7 heteroatoms. The molecule has 0 radical (unpaired) electrons. The molecule has 0 aliphatic carbocycles. The fourth-order valence-electron chi connectivity index (χ4n) is 1.74. The number of amides is 1. The third kappa shape index (κ3) is 3.50. The second-order valence-corrected chi connectivity index (χ2v) is 5.15. The monoisotopic (exact) mass is 339 g/mol. The van der Waals surface area contributed by atoms with Gasteiger partial charge in [0.2, 0.25) is 0 Å². The van der Waals surface area contributed by atoms with Crippen LogP contribution in [0.15, 0.2) is 36.4 Å². The van der Waals surface area contributed by atoms with E-state index in [9.17, 15) is 14.7 Å². The van der Waals surface area contributed by atoms with Gasteiger partial charge in [0.05, 0.1) is 28.9 Å². The number of nitrogens with one attached hydrogen (secondary N) is 1. The van der Waals surface area contributed by atoms with Gasteiger partial charge in [0.15, 0.2) is 0 Å². The highest BCUT2D eigenvalue weighted by atomic mass is 35.5. The lowest BCUT2D eigenvalue weighted by Crippen LogP contribution is -2.13. The van der Waals surface area contributed by atoms with Gasteiger partial charge in [0.25, 0.3) is 5.91 Å². The minimum atomic E-state index is -0.576. The second kappa shape index (κ2) is 6.68. The summed E-state index contributed by atoms with van der Waals surface area (Å²) in [5.74, 6) is -1.32. The maximum absolute atomic E-state index is 12.1. The van der Waals surface area contributed by atoms with Crippen molar-refractivity contribution in [1.82, 2.24) is 0 Å². The average molecular weight is 340 g/mol. The first-order valence-electron chi connectivity index (χ1n) is 6.10. The van der Waals surface area contributed by atoms with Crippen molar-refractivity contribution < 1.29 is 19.4 Å². The predicted molar refractivity (Wildman–Crippen MR) is 83.9 cm³/mol. The van der Waals surface area contributed by atoms with E-state index in [1.807, 2.05) is 0 Å². The number of aromatic hydroxyl groups is 1. The molecular formula is C15H11Cl2NO4. The van der Waals surface area contributed by atoms with Crippen molar-refractivity contribution in [3.8, 4) is 5.75 Å². The van der Waals surface area contributed by atoms with Crippen molar-refractivity contribution in [1.29, 1.82) is 0 Å². The SMILES string of the molecule is COC(=O)c1ccc(NC(=O)c2cc(Cl)ccc2O)c(Cl)c1. The van der Waals surface area contributed by atoms with E-state index in [2.05, 4.69) is 10.1 Å². The number of carbonyl (C=O) groups excluding carboxylic acids is 2. The summed E-state index contributed by atoms with van der Waals surface area (Å²) < 4.78 is 4.58. The zero-order chi connectivity index (χ0) is 16.3. The first-order valence-corrected chi connectivity index (χ1v) is 6.85. The van der Waals surface area contributed by atoms with Crippen LogP contribution in [0.2, 0.25) is 10.0 Å². The Kier molecular flexibility index (Phi) is 4.90. The number of halogens is 2. The van der Waals surface area contributed by atoms with Gasteiger partial charge >= 0.3 is 5.97 Å². The summed E-state index contributed by atoms with van der Waals surface area (Å²) in [7, 11) is 1.26. The normalized spacial score (nSPS) is 10.1. The van der Waals surface area contributed by atoms with Gasteiger partial charge in [-0.3, -0.25) is 4.79 Å². The summed E-state index contributed by atoms with van der Waals surface area (Å²) in [6.07, 6.45) is 0. The number of methoxy groups -OCH3 is 1. The molecule has 2 N–H and O–H groups in total. The van der Waals surface area contributed by atoms with Crippen LogP contribution >= 0.6 is 23.2 Å². The van der Waals surface area contributed by atoms with Crippen LogP contribution in [-0.4, -0.2) is 24.1 Å². The molecule has 0 aromatic heterocycles. The van der Waals surface area contributed by atoms with Gasteiger partial charge in [-0.25, -0.2) is 4.79 Å². The lowest BCUT2D eigenvalue weighted by Gasteiger charge is -2.09. The summed E-state index contributed by atoms with van der Waals surface area (Å²) in [4.78, 5) is 23.5. The smallest absolute Gasteiger partial charge is 0.337 e. The number of rotatable bonds is 3. The zero-order valence-electron chi connectivity index (χ0n) is 11.4. The van der Waals surface area contributed by atoms with Crippen molar-refractivity contribution in [2.45, 2.75) is 0 Å². The number of ether oxygens (including phenoxy) is 1. The van der Waals surface area contributed by atoms with Gasteiger partial charge in [-0.15, -0.1) is 0 Å². The quantitative estimate of drug-likeness (QED) is 0.835. The van der Waals surface area contributed by atoms with E-state index < -0.39 is 11.9 Å². The van der Waals surface area contributed by atoms with Gasteiger partial charge in [-0.05, 0) is 36.4 Å². The molecule has 2 rings (SSSR count). The molecule has 0 saturated heterocycles. The molecule has 114 valence electrons. The Hall–Kier alpha value is -2.24. The Labute approximate surface area is 136 Å². The number of carbonyl (C=O) groups is 2. The Morgan fingerprint density at radius 2 is 1.86 bits per heavy atom. The molecule has 0 bridgehead atoms. The highest BCUT2D eigenvalue weighted by Crippen LogP contribution is 2.26. The third-order valence-corrected chi connectivity index (χ3v) is 3.39. The molecular weight excluding hydrogens is 329 g/mol. The van der Waals surface area contributed by atoms with Crippen LogP contribution in [0.3, 0.4) is 0 Å². The lowest BCUT2D eigenvalue weighted by molar-refractivity contribution is 0.0600. The van der Waals surface area contributed by atoms with E-state index in [0.29, 0.717) is 10.7 Å². The maximum atomic E-state index is 12.1. The number of phenols is 1. The van der Waals surface area contributed by atoms with Crippen molar-refractivity contribution in [3.63, 3.8) is 0 Å². The highest BCUT2D eigenvalue weighted by molar-refractivity contribution is 6.34. The summed E-state index contributed by atoms with van der Waals surface area (Å²) in [6.45, 7) is 0. The molecule has 0 aliphatic rings. The van der Waals surface area contributed by atoms with Crippen LogP contribution in [0, 0.1) is 0 Å². The number of anilines is 1. The van der Waals surface area contributed by atoms with Crippen molar-refractivity contribution in [2.75, 3.05) is 12.4 Å². The highest BCUT2D eigenvalue weighted by Gasteiger charge is 2.15. The summed E-state index contributed by atoms with van der Waals surface area (Å²) in [5, 5.41) is 12.7. The molecule has 22 heavy (non-hydrogen) atoms. The minimum Gasteiger partial charge on any atom is -0.507 e. The molecule has 5 nitrogen and oxygen atoms in total.